The first-order valence-corrected chi connectivity index (χ1v) is 8.17. The molecule has 0 spiro atoms. The van der Waals surface area contributed by atoms with Crippen LogP contribution in [0.5, 0.6) is 5.75 Å². The molecule has 2 heterocycles. The Labute approximate surface area is 139 Å². The van der Waals surface area contributed by atoms with E-state index in [1.54, 1.807) is 12.0 Å². The number of hydrogen-bond donors (Lipinski definition) is 1. The first-order chi connectivity index (χ1) is 11.6. The van der Waals surface area contributed by atoms with Crippen LogP contribution in [-0.2, 0) is 10.3 Å². The van der Waals surface area contributed by atoms with Gasteiger partial charge in [-0.3, -0.25) is 4.79 Å². The minimum absolute atomic E-state index is 0.0235. The molecule has 2 aliphatic rings. The SMILES string of the molecule is COc1ccccc1N1CC(c2nc(C3(N)CCC3)no2)CC1=O. The van der Waals surface area contributed by atoms with Crippen LogP contribution in [0.1, 0.15) is 43.3 Å². The maximum absolute atomic E-state index is 12.5. The number of para-hydroxylation sites is 2. The van der Waals surface area contributed by atoms with Crippen molar-refractivity contribution in [2.24, 2.45) is 5.73 Å². The molecular weight excluding hydrogens is 308 g/mol. The maximum Gasteiger partial charge on any atom is 0.232 e. The Morgan fingerprint density at radius 1 is 1.38 bits per heavy atom. The number of hydrogen-bond acceptors (Lipinski definition) is 6. The fourth-order valence-electron chi connectivity index (χ4n) is 3.34. The van der Waals surface area contributed by atoms with Crippen molar-refractivity contribution in [3.63, 3.8) is 0 Å². The van der Waals surface area contributed by atoms with Gasteiger partial charge in [-0.2, -0.15) is 4.98 Å². The molecule has 1 atom stereocenters. The predicted octanol–water partition coefficient (Wildman–Crippen LogP) is 1.94. The Balaban J connectivity index is 1.56. The van der Waals surface area contributed by atoms with Gasteiger partial charge in [0.05, 0.1) is 24.3 Å². The van der Waals surface area contributed by atoms with E-state index in [2.05, 4.69) is 10.1 Å². The van der Waals surface area contributed by atoms with Crippen LogP contribution in [-0.4, -0.2) is 29.7 Å². The van der Waals surface area contributed by atoms with E-state index < -0.39 is 5.54 Å². The van der Waals surface area contributed by atoms with Gasteiger partial charge in [0, 0.05) is 13.0 Å². The summed E-state index contributed by atoms with van der Waals surface area (Å²) in [6, 6.07) is 7.49. The summed E-state index contributed by atoms with van der Waals surface area (Å²) < 4.78 is 10.8. The summed E-state index contributed by atoms with van der Waals surface area (Å²) in [5.74, 6) is 1.63. The quantitative estimate of drug-likeness (QED) is 0.921. The van der Waals surface area contributed by atoms with Crippen LogP contribution in [0.15, 0.2) is 28.8 Å². The van der Waals surface area contributed by atoms with Gasteiger partial charge in [0.25, 0.3) is 0 Å². The van der Waals surface area contributed by atoms with Gasteiger partial charge < -0.3 is 19.9 Å². The summed E-state index contributed by atoms with van der Waals surface area (Å²) in [6.45, 7) is 0.498. The van der Waals surface area contributed by atoms with Crippen molar-refractivity contribution in [3.8, 4) is 5.75 Å². The summed E-state index contributed by atoms with van der Waals surface area (Å²) in [4.78, 5) is 18.6. The molecule has 2 fully saturated rings. The molecule has 126 valence electrons. The van der Waals surface area contributed by atoms with E-state index in [4.69, 9.17) is 15.0 Å². The molecule has 1 unspecified atom stereocenters. The number of benzene rings is 1. The molecule has 0 bridgehead atoms. The van der Waals surface area contributed by atoms with Crippen LogP contribution in [0.4, 0.5) is 5.69 Å². The number of anilines is 1. The van der Waals surface area contributed by atoms with Gasteiger partial charge in [0.1, 0.15) is 5.75 Å². The number of aromatic nitrogens is 2. The van der Waals surface area contributed by atoms with Crippen LogP contribution < -0.4 is 15.4 Å². The Morgan fingerprint density at radius 2 is 2.17 bits per heavy atom. The molecule has 1 aromatic heterocycles. The summed E-state index contributed by atoms with van der Waals surface area (Å²) in [6.07, 6.45) is 3.19. The Hall–Kier alpha value is -2.41. The lowest BCUT2D eigenvalue weighted by molar-refractivity contribution is -0.117. The van der Waals surface area contributed by atoms with Crippen LogP contribution in [0, 0.1) is 0 Å². The van der Waals surface area contributed by atoms with E-state index in [1.807, 2.05) is 24.3 Å². The highest BCUT2D eigenvalue weighted by Gasteiger charge is 2.41. The largest absolute Gasteiger partial charge is 0.495 e. The van der Waals surface area contributed by atoms with E-state index in [9.17, 15) is 4.79 Å². The van der Waals surface area contributed by atoms with Gasteiger partial charge in [-0.25, -0.2) is 0 Å². The fraction of sp³-hybridized carbons (Fsp3) is 0.471. The second kappa shape index (κ2) is 5.59. The first kappa shape index (κ1) is 15.1. The minimum Gasteiger partial charge on any atom is -0.495 e. The summed E-state index contributed by atoms with van der Waals surface area (Å²) in [7, 11) is 1.60. The van der Waals surface area contributed by atoms with Gasteiger partial charge in [-0.05, 0) is 31.4 Å². The molecule has 1 aliphatic carbocycles. The molecule has 2 N–H and O–H groups in total. The van der Waals surface area contributed by atoms with Crippen molar-refractivity contribution < 1.29 is 14.1 Å². The molecule has 0 radical (unpaired) electrons. The molecule has 2 aromatic rings. The summed E-state index contributed by atoms with van der Waals surface area (Å²) in [5.41, 5.74) is 6.55. The van der Waals surface area contributed by atoms with Gasteiger partial charge >= 0.3 is 0 Å². The van der Waals surface area contributed by atoms with E-state index in [0.717, 1.165) is 24.9 Å². The molecule has 4 rings (SSSR count). The number of ether oxygens (including phenoxy) is 1. The number of carbonyl (C=O) groups is 1. The summed E-state index contributed by atoms with van der Waals surface area (Å²) >= 11 is 0. The molecule has 24 heavy (non-hydrogen) atoms. The molecular formula is C17H20N4O3. The third-order valence-electron chi connectivity index (χ3n) is 4.98. The highest BCUT2D eigenvalue weighted by molar-refractivity contribution is 5.97. The van der Waals surface area contributed by atoms with Crippen molar-refractivity contribution in [1.82, 2.24) is 10.1 Å². The van der Waals surface area contributed by atoms with Crippen molar-refractivity contribution in [2.75, 3.05) is 18.6 Å². The van der Waals surface area contributed by atoms with Gasteiger partial charge in [-0.15, -0.1) is 0 Å². The highest BCUT2D eigenvalue weighted by Crippen LogP contribution is 2.39. The van der Waals surface area contributed by atoms with Crippen molar-refractivity contribution in [1.29, 1.82) is 0 Å². The van der Waals surface area contributed by atoms with Crippen molar-refractivity contribution >= 4 is 11.6 Å². The minimum atomic E-state index is -0.452. The Morgan fingerprint density at radius 3 is 2.88 bits per heavy atom. The highest BCUT2D eigenvalue weighted by atomic mass is 16.5. The molecule has 1 saturated heterocycles. The normalized spacial score (nSPS) is 22.5. The molecule has 1 amide bonds. The molecule has 1 aliphatic heterocycles. The predicted molar refractivity (Wildman–Crippen MR) is 86.7 cm³/mol. The average Bonchev–Trinajstić information content (AvgIpc) is 3.19. The van der Waals surface area contributed by atoms with Crippen LogP contribution in [0.25, 0.3) is 0 Å². The zero-order valence-corrected chi connectivity index (χ0v) is 13.6. The standard InChI is InChI=1S/C17H20N4O3/c1-23-13-6-3-2-5-12(13)21-10-11(9-14(21)22)15-19-16(20-24-15)17(18)7-4-8-17/h2-3,5-6,11H,4,7-10,18H2,1H3. The molecule has 7 heteroatoms. The lowest BCUT2D eigenvalue weighted by atomic mass is 9.77. The third kappa shape index (κ3) is 2.36. The van der Waals surface area contributed by atoms with Crippen LogP contribution >= 0.6 is 0 Å². The zero-order chi connectivity index (χ0) is 16.7. The topological polar surface area (TPSA) is 94.5 Å². The van der Waals surface area contributed by atoms with Crippen LogP contribution in [0.2, 0.25) is 0 Å². The smallest absolute Gasteiger partial charge is 0.232 e. The van der Waals surface area contributed by atoms with Gasteiger partial charge in [0.2, 0.25) is 11.8 Å². The Bertz CT molecular complexity index is 769. The van der Waals surface area contributed by atoms with Crippen molar-refractivity contribution in [2.45, 2.75) is 37.1 Å². The number of carbonyl (C=O) groups excluding carboxylic acids is 1. The fourth-order valence-corrected chi connectivity index (χ4v) is 3.34. The molecule has 1 aromatic carbocycles. The third-order valence-corrected chi connectivity index (χ3v) is 4.98. The van der Waals surface area contributed by atoms with Crippen LogP contribution in [0.3, 0.4) is 0 Å². The monoisotopic (exact) mass is 328 g/mol. The van der Waals surface area contributed by atoms with E-state index >= 15 is 0 Å². The second-order valence-electron chi connectivity index (χ2n) is 6.54. The van der Waals surface area contributed by atoms with Gasteiger partial charge in [-0.1, -0.05) is 17.3 Å². The van der Waals surface area contributed by atoms with E-state index in [0.29, 0.717) is 30.4 Å². The average molecular weight is 328 g/mol. The molecule has 7 nitrogen and oxygen atoms in total. The molecule has 1 saturated carbocycles. The number of rotatable bonds is 4. The number of amides is 1. The lowest BCUT2D eigenvalue weighted by Gasteiger charge is -2.34. The van der Waals surface area contributed by atoms with Crippen molar-refractivity contribution in [3.05, 3.63) is 36.0 Å². The number of nitrogens with zero attached hydrogens (tertiary/aromatic N) is 3. The zero-order valence-electron chi connectivity index (χ0n) is 13.6. The number of nitrogens with two attached hydrogens (primary N) is 1. The Kier molecular flexibility index (Phi) is 3.53. The second-order valence-corrected chi connectivity index (χ2v) is 6.54. The van der Waals surface area contributed by atoms with E-state index in [-0.39, 0.29) is 11.8 Å². The number of methoxy groups -OCH3 is 1. The lowest BCUT2D eigenvalue weighted by Crippen LogP contribution is -2.44. The van der Waals surface area contributed by atoms with Gasteiger partial charge in [0.15, 0.2) is 5.82 Å². The first-order valence-electron chi connectivity index (χ1n) is 8.17. The maximum atomic E-state index is 12.5. The van der Waals surface area contributed by atoms with E-state index in [1.165, 1.54) is 0 Å². The summed E-state index contributed by atoms with van der Waals surface area (Å²) in [5, 5.41) is 4.05.